The van der Waals surface area contributed by atoms with Crippen LogP contribution in [0.15, 0.2) is 58.5 Å². The number of esters is 1. The molecule has 1 aromatic heterocycles. The van der Waals surface area contributed by atoms with Gasteiger partial charge in [0.15, 0.2) is 5.16 Å². The van der Waals surface area contributed by atoms with Gasteiger partial charge in [-0.05, 0) is 35.7 Å². The molecule has 2 heterocycles. The van der Waals surface area contributed by atoms with Crippen LogP contribution >= 0.6 is 11.8 Å². The largest absolute Gasteiger partial charge is 0.465 e. The lowest BCUT2D eigenvalue weighted by atomic mass is 10.0. The normalized spacial score (nSPS) is 16.9. The van der Waals surface area contributed by atoms with Gasteiger partial charge in [0.05, 0.1) is 23.2 Å². The number of carbonyl (C=O) groups is 1. The number of aromatic nitrogens is 2. The highest BCUT2D eigenvalue weighted by Gasteiger charge is 2.29. The Morgan fingerprint density at radius 3 is 2.52 bits per heavy atom. The second-order valence-corrected chi connectivity index (χ2v) is 8.03. The monoisotopic (exact) mass is 380 g/mol. The zero-order valence-corrected chi connectivity index (χ0v) is 16.0. The van der Waals surface area contributed by atoms with Gasteiger partial charge in [0.1, 0.15) is 5.25 Å². The molecular formula is C21H20N2O3S. The molecule has 0 saturated carbocycles. The van der Waals surface area contributed by atoms with Gasteiger partial charge in [0.25, 0.3) is 5.56 Å². The number of benzene rings is 2. The molecule has 0 amide bonds. The molecule has 1 aliphatic heterocycles. The van der Waals surface area contributed by atoms with Crippen molar-refractivity contribution in [1.29, 1.82) is 0 Å². The summed E-state index contributed by atoms with van der Waals surface area (Å²) in [5.74, 6) is 0.164. The van der Waals surface area contributed by atoms with Crippen molar-refractivity contribution in [2.24, 2.45) is 0 Å². The average molecular weight is 380 g/mol. The molecule has 1 fully saturated rings. The van der Waals surface area contributed by atoms with Crippen LogP contribution in [-0.2, 0) is 9.53 Å². The molecule has 0 bridgehead atoms. The highest BCUT2D eigenvalue weighted by Crippen LogP contribution is 2.30. The van der Waals surface area contributed by atoms with Gasteiger partial charge in [-0.1, -0.05) is 49.9 Å². The van der Waals surface area contributed by atoms with Gasteiger partial charge in [-0.25, -0.2) is 4.98 Å². The molecule has 0 spiro atoms. The summed E-state index contributed by atoms with van der Waals surface area (Å²) in [6.07, 6.45) is 0.623. The Bertz CT molecular complexity index is 1060. The van der Waals surface area contributed by atoms with Gasteiger partial charge in [0.2, 0.25) is 0 Å². The minimum absolute atomic E-state index is 0.133. The number of cyclic esters (lactones) is 1. The predicted molar refractivity (Wildman–Crippen MR) is 107 cm³/mol. The zero-order chi connectivity index (χ0) is 19.0. The fourth-order valence-electron chi connectivity index (χ4n) is 3.14. The number of hydrogen-bond donors (Lipinski definition) is 0. The van der Waals surface area contributed by atoms with Gasteiger partial charge in [-0.15, -0.1) is 0 Å². The van der Waals surface area contributed by atoms with Crippen molar-refractivity contribution in [1.82, 2.24) is 9.55 Å². The Hall–Kier alpha value is -2.60. The second-order valence-electron chi connectivity index (χ2n) is 6.86. The summed E-state index contributed by atoms with van der Waals surface area (Å²) >= 11 is 1.30. The fourth-order valence-corrected chi connectivity index (χ4v) is 4.22. The SMILES string of the molecule is CC(C)c1ccc(-n2c(SC3CCOC3=O)nc3ccccc3c2=O)cc1. The molecule has 27 heavy (non-hydrogen) atoms. The first-order valence-electron chi connectivity index (χ1n) is 9.00. The van der Waals surface area contributed by atoms with E-state index < -0.39 is 0 Å². The summed E-state index contributed by atoms with van der Waals surface area (Å²) in [7, 11) is 0. The highest BCUT2D eigenvalue weighted by molar-refractivity contribution is 8.00. The summed E-state index contributed by atoms with van der Waals surface area (Å²) in [5.41, 5.74) is 2.45. The van der Waals surface area contributed by atoms with Crippen LogP contribution < -0.4 is 5.56 Å². The third kappa shape index (κ3) is 3.37. The van der Waals surface area contributed by atoms with Crippen LogP contribution in [-0.4, -0.2) is 27.4 Å². The van der Waals surface area contributed by atoms with Crippen LogP contribution in [0.2, 0.25) is 0 Å². The van der Waals surface area contributed by atoms with Crippen molar-refractivity contribution in [2.75, 3.05) is 6.61 Å². The van der Waals surface area contributed by atoms with Crippen molar-refractivity contribution in [3.8, 4) is 5.69 Å². The van der Waals surface area contributed by atoms with E-state index in [0.29, 0.717) is 35.0 Å². The molecule has 4 rings (SSSR count). The third-order valence-electron chi connectivity index (χ3n) is 4.70. The number of ether oxygens (including phenoxy) is 1. The molecule has 1 atom stereocenters. The Kier molecular flexibility index (Phi) is 4.74. The molecular weight excluding hydrogens is 360 g/mol. The summed E-state index contributed by atoms with van der Waals surface area (Å²) in [5, 5.41) is 0.739. The molecule has 2 aromatic carbocycles. The first-order valence-corrected chi connectivity index (χ1v) is 9.88. The molecule has 1 saturated heterocycles. The highest BCUT2D eigenvalue weighted by atomic mass is 32.2. The van der Waals surface area contributed by atoms with E-state index in [1.165, 1.54) is 17.3 Å². The smallest absolute Gasteiger partial charge is 0.319 e. The summed E-state index contributed by atoms with van der Waals surface area (Å²) in [6, 6.07) is 15.2. The number of fused-ring (bicyclic) bond motifs is 1. The van der Waals surface area contributed by atoms with E-state index in [4.69, 9.17) is 4.74 Å². The van der Waals surface area contributed by atoms with E-state index in [1.807, 2.05) is 42.5 Å². The van der Waals surface area contributed by atoms with E-state index in [1.54, 1.807) is 10.6 Å². The Balaban J connectivity index is 1.88. The van der Waals surface area contributed by atoms with Crippen molar-refractivity contribution in [3.63, 3.8) is 0 Å². The average Bonchev–Trinajstić information content (AvgIpc) is 3.07. The fraction of sp³-hybridized carbons (Fsp3) is 0.286. The molecule has 6 heteroatoms. The molecule has 0 aliphatic carbocycles. The number of rotatable bonds is 4. The van der Waals surface area contributed by atoms with E-state index in [2.05, 4.69) is 18.8 Å². The van der Waals surface area contributed by atoms with E-state index in [0.717, 1.165) is 5.69 Å². The number of nitrogens with zero attached hydrogens (tertiary/aromatic N) is 2. The molecule has 138 valence electrons. The number of thioether (sulfide) groups is 1. The number of carbonyl (C=O) groups excluding carboxylic acids is 1. The summed E-state index contributed by atoms with van der Waals surface area (Å²) in [6.45, 7) is 4.68. The molecule has 0 radical (unpaired) electrons. The Labute approximate surface area is 161 Å². The lowest BCUT2D eigenvalue weighted by molar-refractivity contribution is -0.137. The standard InChI is InChI=1S/C21H20N2O3S/c1-13(2)14-7-9-15(10-8-14)23-19(24)16-5-3-4-6-17(16)22-21(23)27-18-11-12-26-20(18)25/h3-10,13,18H,11-12H2,1-2H3. The van der Waals surface area contributed by atoms with Gasteiger partial charge >= 0.3 is 5.97 Å². The molecule has 5 nitrogen and oxygen atoms in total. The van der Waals surface area contributed by atoms with Gasteiger partial charge in [-0.3, -0.25) is 14.2 Å². The lowest BCUT2D eigenvalue weighted by Gasteiger charge is -2.15. The minimum Gasteiger partial charge on any atom is -0.465 e. The minimum atomic E-state index is -0.334. The van der Waals surface area contributed by atoms with Crippen molar-refractivity contribution in [3.05, 3.63) is 64.4 Å². The molecule has 1 unspecified atom stereocenters. The Morgan fingerprint density at radius 2 is 1.85 bits per heavy atom. The van der Waals surface area contributed by atoms with E-state index in [-0.39, 0.29) is 16.8 Å². The van der Waals surface area contributed by atoms with E-state index in [9.17, 15) is 9.59 Å². The topological polar surface area (TPSA) is 61.2 Å². The lowest BCUT2D eigenvalue weighted by Crippen LogP contribution is -2.23. The maximum absolute atomic E-state index is 13.2. The maximum atomic E-state index is 13.2. The van der Waals surface area contributed by atoms with Crippen LogP contribution in [0.5, 0.6) is 0 Å². The Morgan fingerprint density at radius 1 is 1.11 bits per heavy atom. The van der Waals surface area contributed by atoms with E-state index >= 15 is 0 Å². The molecule has 3 aromatic rings. The van der Waals surface area contributed by atoms with Crippen molar-refractivity contribution in [2.45, 2.75) is 36.6 Å². The van der Waals surface area contributed by atoms with Crippen LogP contribution in [0.3, 0.4) is 0 Å². The molecule has 1 aliphatic rings. The summed E-state index contributed by atoms with van der Waals surface area (Å²) in [4.78, 5) is 29.8. The van der Waals surface area contributed by atoms with Crippen LogP contribution in [0.4, 0.5) is 0 Å². The zero-order valence-electron chi connectivity index (χ0n) is 15.2. The molecule has 0 N–H and O–H groups in total. The van der Waals surface area contributed by atoms with Crippen molar-refractivity contribution >= 4 is 28.6 Å². The summed E-state index contributed by atoms with van der Waals surface area (Å²) < 4.78 is 6.67. The van der Waals surface area contributed by atoms with Crippen molar-refractivity contribution < 1.29 is 9.53 Å². The van der Waals surface area contributed by atoms with Gasteiger partial charge in [-0.2, -0.15) is 0 Å². The first-order chi connectivity index (χ1) is 13.0. The number of para-hydroxylation sites is 1. The first kappa shape index (κ1) is 17.8. The predicted octanol–water partition coefficient (Wildman–Crippen LogP) is 3.92. The second kappa shape index (κ2) is 7.19. The quantitative estimate of drug-likeness (QED) is 0.507. The maximum Gasteiger partial charge on any atom is 0.319 e. The number of hydrogen-bond acceptors (Lipinski definition) is 5. The third-order valence-corrected chi connectivity index (χ3v) is 5.90. The van der Waals surface area contributed by atoms with Crippen LogP contribution in [0.1, 0.15) is 31.7 Å². The van der Waals surface area contributed by atoms with Crippen LogP contribution in [0.25, 0.3) is 16.6 Å². The van der Waals surface area contributed by atoms with Gasteiger partial charge < -0.3 is 4.74 Å². The van der Waals surface area contributed by atoms with Crippen LogP contribution in [0, 0.1) is 0 Å². The van der Waals surface area contributed by atoms with Gasteiger partial charge in [0, 0.05) is 6.42 Å².